The Morgan fingerprint density at radius 2 is 2.07 bits per heavy atom. The van der Waals surface area contributed by atoms with Gasteiger partial charge in [-0.15, -0.1) is 24.0 Å². The van der Waals surface area contributed by atoms with Crippen LogP contribution in [0.2, 0.25) is 0 Å². The van der Waals surface area contributed by atoms with E-state index in [1.54, 1.807) is 0 Å². The second-order valence-electron chi connectivity index (χ2n) is 6.85. The third kappa shape index (κ3) is 5.18. The summed E-state index contributed by atoms with van der Waals surface area (Å²) in [5.41, 5.74) is 6.40. The number of rotatable bonds is 7. The number of fused-ring (bicyclic) bond motifs is 1. The minimum absolute atomic E-state index is 0. The molecule has 0 saturated heterocycles. The minimum Gasteiger partial charge on any atom is -0.493 e. The molecule has 0 aliphatic carbocycles. The highest BCUT2D eigenvalue weighted by molar-refractivity contribution is 14.0. The fourth-order valence-corrected chi connectivity index (χ4v) is 3.71. The van der Waals surface area contributed by atoms with E-state index in [0.717, 1.165) is 62.8 Å². The predicted molar refractivity (Wildman–Crippen MR) is 125 cm³/mol. The highest BCUT2D eigenvalue weighted by Gasteiger charge is 2.14. The van der Waals surface area contributed by atoms with Crippen molar-refractivity contribution in [1.82, 2.24) is 20.4 Å². The van der Waals surface area contributed by atoms with Crippen LogP contribution in [-0.2, 0) is 39.3 Å². The molecule has 1 aliphatic rings. The molecule has 1 aromatic heterocycles. The van der Waals surface area contributed by atoms with E-state index in [0.29, 0.717) is 0 Å². The summed E-state index contributed by atoms with van der Waals surface area (Å²) in [6, 6.07) is 6.50. The first-order valence-electron chi connectivity index (χ1n) is 9.89. The van der Waals surface area contributed by atoms with Gasteiger partial charge in [0.15, 0.2) is 5.96 Å². The maximum absolute atomic E-state index is 5.58. The van der Waals surface area contributed by atoms with E-state index in [1.807, 2.05) is 18.8 Å². The van der Waals surface area contributed by atoms with Gasteiger partial charge in [-0.1, -0.05) is 26.0 Å². The van der Waals surface area contributed by atoms with Crippen LogP contribution in [0.1, 0.15) is 41.9 Å². The molecule has 1 aliphatic heterocycles. The second-order valence-corrected chi connectivity index (χ2v) is 6.85. The average Bonchev–Trinajstić information content (AvgIpc) is 3.27. The summed E-state index contributed by atoms with van der Waals surface area (Å²) < 4.78 is 7.58. The van der Waals surface area contributed by atoms with Crippen molar-refractivity contribution in [1.29, 1.82) is 0 Å². The largest absolute Gasteiger partial charge is 0.493 e. The number of aryl methyl sites for hydroxylation is 2. The van der Waals surface area contributed by atoms with Gasteiger partial charge in [0.1, 0.15) is 5.75 Å². The summed E-state index contributed by atoms with van der Waals surface area (Å²) in [5, 5.41) is 11.5. The zero-order valence-corrected chi connectivity index (χ0v) is 19.7. The smallest absolute Gasteiger partial charge is 0.191 e. The van der Waals surface area contributed by atoms with E-state index < -0.39 is 0 Å². The molecule has 2 heterocycles. The number of aliphatic imine (C=N–C) groups is 1. The highest BCUT2D eigenvalue weighted by Crippen LogP contribution is 2.25. The van der Waals surface area contributed by atoms with E-state index in [2.05, 4.69) is 52.8 Å². The number of guanidine groups is 1. The van der Waals surface area contributed by atoms with Crippen LogP contribution in [0, 0.1) is 0 Å². The van der Waals surface area contributed by atoms with Gasteiger partial charge in [-0.3, -0.25) is 9.67 Å². The molecule has 0 unspecified atom stereocenters. The number of ether oxygens (including phenoxy) is 1. The van der Waals surface area contributed by atoms with Crippen molar-refractivity contribution in [3.05, 3.63) is 46.3 Å². The molecule has 6 nitrogen and oxygen atoms in total. The Labute approximate surface area is 185 Å². The summed E-state index contributed by atoms with van der Waals surface area (Å²) in [5.74, 6) is 1.87. The van der Waals surface area contributed by atoms with Crippen LogP contribution in [-0.4, -0.2) is 35.9 Å². The molecule has 7 heteroatoms. The minimum atomic E-state index is 0. The van der Waals surface area contributed by atoms with Crippen LogP contribution in [0.15, 0.2) is 23.2 Å². The molecular weight excluding hydrogens is 465 g/mol. The van der Waals surface area contributed by atoms with Crippen molar-refractivity contribution in [3.63, 3.8) is 0 Å². The van der Waals surface area contributed by atoms with Crippen LogP contribution in [0.3, 0.4) is 0 Å². The van der Waals surface area contributed by atoms with Gasteiger partial charge in [0, 0.05) is 44.9 Å². The van der Waals surface area contributed by atoms with E-state index in [1.165, 1.54) is 22.4 Å². The Balaban J connectivity index is 0.00000280. The molecule has 1 aromatic carbocycles. The number of aromatic nitrogens is 2. The van der Waals surface area contributed by atoms with E-state index in [-0.39, 0.29) is 24.0 Å². The third-order valence-electron chi connectivity index (χ3n) is 5.14. The normalized spacial score (nSPS) is 12.9. The number of benzene rings is 1. The van der Waals surface area contributed by atoms with Gasteiger partial charge >= 0.3 is 0 Å². The van der Waals surface area contributed by atoms with Crippen molar-refractivity contribution in [2.24, 2.45) is 12.0 Å². The first kappa shape index (κ1) is 22.5. The summed E-state index contributed by atoms with van der Waals surface area (Å²) >= 11 is 0. The Bertz CT molecular complexity index is 815. The van der Waals surface area contributed by atoms with Gasteiger partial charge in [-0.2, -0.15) is 5.10 Å². The van der Waals surface area contributed by atoms with E-state index >= 15 is 0 Å². The topological polar surface area (TPSA) is 63.5 Å². The number of hydrogen-bond acceptors (Lipinski definition) is 3. The first-order valence-corrected chi connectivity index (χ1v) is 9.89. The number of hydrogen-bond donors (Lipinski definition) is 2. The zero-order valence-electron chi connectivity index (χ0n) is 17.3. The average molecular weight is 497 g/mol. The third-order valence-corrected chi connectivity index (χ3v) is 5.14. The van der Waals surface area contributed by atoms with Crippen LogP contribution in [0.4, 0.5) is 0 Å². The van der Waals surface area contributed by atoms with E-state index in [4.69, 9.17) is 4.74 Å². The fourth-order valence-electron chi connectivity index (χ4n) is 3.71. The van der Waals surface area contributed by atoms with Gasteiger partial charge in [-0.25, -0.2) is 0 Å². The fraction of sp³-hybridized carbons (Fsp3) is 0.524. The Morgan fingerprint density at radius 3 is 2.79 bits per heavy atom. The quantitative estimate of drug-likeness (QED) is 0.351. The molecular formula is C21H32IN5O. The monoisotopic (exact) mass is 497 g/mol. The Kier molecular flexibility index (Phi) is 8.59. The molecule has 28 heavy (non-hydrogen) atoms. The molecule has 0 bridgehead atoms. The predicted octanol–water partition coefficient (Wildman–Crippen LogP) is 3.01. The molecule has 0 amide bonds. The lowest BCUT2D eigenvalue weighted by atomic mass is 10.1. The maximum atomic E-state index is 5.58. The van der Waals surface area contributed by atoms with Crippen molar-refractivity contribution in [2.45, 2.75) is 46.1 Å². The van der Waals surface area contributed by atoms with Crippen LogP contribution < -0.4 is 15.4 Å². The van der Waals surface area contributed by atoms with Gasteiger partial charge < -0.3 is 15.4 Å². The molecule has 0 spiro atoms. The summed E-state index contributed by atoms with van der Waals surface area (Å²) in [6.45, 7) is 6.72. The Morgan fingerprint density at radius 1 is 1.25 bits per heavy atom. The lowest BCUT2D eigenvalue weighted by Crippen LogP contribution is -2.38. The molecule has 2 N–H and O–H groups in total. The van der Waals surface area contributed by atoms with Crippen molar-refractivity contribution in [2.75, 3.05) is 20.2 Å². The molecule has 2 aromatic rings. The van der Waals surface area contributed by atoms with Crippen molar-refractivity contribution >= 4 is 29.9 Å². The highest BCUT2D eigenvalue weighted by atomic mass is 127. The van der Waals surface area contributed by atoms with Crippen LogP contribution >= 0.6 is 24.0 Å². The first-order chi connectivity index (χ1) is 13.2. The van der Waals surface area contributed by atoms with Crippen molar-refractivity contribution < 1.29 is 4.74 Å². The lowest BCUT2D eigenvalue weighted by Gasteiger charge is -2.13. The molecule has 0 saturated carbocycles. The summed E-state index contributed by atoms with van der Waals surface area (Å²) in [4.78, 5) is 4.36. The van der Waals surface area contributed by atoms with Gasteiger partial charge in [0.25, 0.3) is 0 Å². The maximum Gasteiger partial charge on any atom is 0.191 e. The molecule has 0 fully saturated rings. The molecule has 0 atom stereocenters. The summed E-state index contributed by atoms with van der Waals surface area (Å²) in [7, 11) is 3.84. The summed E-state index contributed by atoms with van der Waals surface area (Å²) in [6.07, 6.45) is 3.90. The van der Waals surface area contributed by atoms with Gasteiger partial charge in [-0.05, 0) is 36.5 Å². The molecule has 154 valence electrons. The van der Waals surface area contributed by atoms with Crippen LogP contribution in [0.25, 0.3) is 0 Å². The molecule has 3 rings (SSSR count). The number of nitrogens with zero attached hydrogens (tertiary/aromatic N) is 3. The van der Waals surface area contributed by atoms with Gasteiger partial charge in [0.05, 0.1) is 12.3 Å². The van der Waals surface area contributed by atoms with Crippen LogP contribution in [0.5, 0.6) is 5.75 Å². The van der Waals surface area contributed by atoms with E-state index in [9.17, 15) is 0 Å². The van der Waals surface area contributed by atoms with Gasteiger partial charge in [0.2, 0.25) is 0 Å². The standard InChI is InChI=1S/C21H31N5O.HI/c1-5-18-17(19(6-2)26(4)25-18)14-24-21(22-3)23-11-9-15-7-8-20-16(13-15)10-12-27-20;/h7-8,13H,5-6,9-12,14H2,1-4H3,(H2,22,23,24);1H. The SMILES string of the molecule is CCc1nn(C)c(CC)c1CNC(=NC)NCCc1ccc2c(c1)CCO2.I. The number of nitrogens with one attached hydrogen (secondary N) is 2. The zero-order chi connectivity index (χ0) is 19.2. The Hall–Kier alpha value is -1.77. The molecule has 0 radical (unpaired) electrons. The van der Waals surface area contributed by atoms with Crippen molar-refractivity contribution in [3.8, 4) is 5.75 Å². The second kappa shape index (κ2) is 10.7. The lowest BCUT2D eigenvalue weighted by molar-refractivity contribution is 0.357. The number of halogens is 1.